The molecule has 0 saturated carbocycles. The van der Waals surface area contributed by atoms with E-state index in [4.69, 9.17) is 23.7 Å². The van der Waals surface area contributed by atoms with Gasteiger partial charge in [-0.05, 0) is 60.0 Å². The van der Waals surface area contributed by atoms with Gasteiger partial charge in [-0.15, -0.1) is 0 Å². The van der Waals surface area contributed by atoms with E-state index in [1.165, 1.54) is 7.11 Å². The van der Waals surface area contributed by atoms with E-state index < -0.39 is 17.7 Å². The molecular weight excluding hydrogens is 570 g/mol. The Labute approximate surface area is 266 Å². The van der Waals surface area contributed by atoms with Crippen LogP contribution in [0.3, 0.4) is 0 Å². The summed E-state index contributed by atoms with van der Waals surface area (Å²) in [7, 11) is 6.32. The number of methoxy groups -OCH3 is 4. The quantitative estimate of drug-likeness (QED) is 0.172. The highest BCUT2D eigenvalue weighted by atomic mass is 16.5. The van der Waals surface area contributed by atoms with E-state index in [2.05, 4.69) is 31.2 Å². The first kappa shape index (κ1) is 33.5. The number of ether oxygens (including phenoxy) is 5. The molecule has 1 aliphatic heterocycles. The Morgan fingerprint density at radius 2 is 1.20 bits per heavy atom. The number of esters is 1. The maximum absolute atomic E-state index is 12.3. The second-order valence-electron chi connectivity index (χ2n) is 10.8. The predicted octanol–water partition coefficient (Wildman–Crippen LogP) is 5.62. The van der Waals surface area contributed by atoms with E-state index in [1.54, 1.807) is 21.3 Å². The summed E-state index contributed by atoms with van der Waals surface area (Å²) in [5.74, 6) is 2.07. The number of hydrogen-bond donors (Lipinski definition) is 1. The van der Waals surface area contributed by atoms with Crippen LogP contribution in [0.25, 0.3) is 0 Å². The molecule has 8 nitrogen and oxygen atoms in total. The minimum Gasteiger partial charge on any atom is -0.497 e. The Hall–Kier alpha value is -4.37. The number of likely N-dealkylation sites (tertiary alicyclic amines) is 1. The standard InChI is InChI=1S/C30H35NO6.C7H8O/c1-21-5-7-22(8-6-21)30(23-9-13-26(34-2)14-10-23,24-11-15-27(35-3)16-12-24)37-18-17-31-20-25(32)19-28(31)29(33)36-4;1-8-7-5-3-2-4-6-7/h5-16,25,28,32H,17-20H2,1-4H3;2-6H,1H3/t25-,28-;/m0./s1. The van der Waals surface area contributed by atoms with E-state index in [1.807, 2.05) is 83.8 Å². The first-order chi connectivity index (χ1) is 21.8. The van der Waals surface area contributed by atoms with Gasteiger partial charge in [-0.3, -0.25) is 9.69 Å². The summed E-state index contributed by atoms with van der Waals surface area (Å²) in [6, 6.07) is 33.3. The van der Waals surface area contributed by atoms with Crippen molar-refractivity contribution in [3.05, 3.63) is 125 Å². The molecule has 8 heteroatoms. The molecule has 0 aromatic heterocycles. The Bertz CT molecular complexity index is 1410. The number of aryl methyl sites for hydroxylation is 1. The summed E-state index contributed by atoms with van der Waals surface area (Å²) in [5.41, 5.74) is 3.06. The first-order valence-electron chi connectivity index (χ1n) is 14.9. The molecule has 1 N–H and O–H groups in total. The van der Waals surface area contributed by atoms with Crippen molar-refractivity contribution in [2.75, 3.05) is 48.1 Å². The molecule has 1 fully saturated rings. The van der Waals surface area contributed by atoms with Gasteiger partial charge in [0.05, 0.1) is 41.2 Å². The number of para-hydroxylation sites is 1. The lowest BCUT2D eigenvalue weighted by Crippen LogP contribution is -2.41. The molecule has 2 atom stereocenters. The molecule has 45 heavy (non-hydrogen) atoms. The minimum absolute atomic E-state index is 0.312. The van der Waals surface area contributed by atoms with Gasteiger partial charge >= 0.3 is 5.97 Å². The van der Waals surface area contributed by atoms with Crippen LogP contribution in [-0.4, -0.2) is 76.3 Å². The molecule has 0 unspecified atom stereocenters. The molecule has 0 radical (unpaired) electrons. The predicted molar refractivity (Wildman–Crippen MR) is 174 cm³/mol. The second kappa shape index (κ2) is 16.1. The van der Waals surface area contributed by atoms with Gasteiger partial charge in [0.1, 0.15) is 28.9 Å². The zero-order valence-corrected chi connectivity index (χ0v) is 26.6. The van der Waals surface area contributed by atoms with Gasteiger partial charge < -0.3 is 28.8 Å². The number of hydrogen-bond acceptors (Lipinski definition) is 8. The monoisotopic (exact) mass is 613 g/mol. The zero-order chi connectivity index (χ0) is 32.2. The van der Waals surface area contributed by atoms with Gasteiger partial charge in [0, 0.05) is 19.5 Å². The average Bonchev–Trinajstić information content (AvgIpc) is 3.47. The van der Waals surface area contributed by atoms with E-state index in [0.717, 1.165) is 39.5 Å². The Balaban J connectivity index is 0.000000501. The van der Waals surface area contributed by atoms with Gasteiger partial charge in [-0.2, -0.15) is 0 Å². The SMILES string of the molecule is COC(=O)[C@@H]1C[C@H](O)CN1CCOC(c1ccc(C)cc1)(c1ccc(OC)cc1)c1ccc(OC)cc1.COc1ccccc1. The van der Waals surface area contributed by atoms with Crippen molar-refractivity contribution in [3.8, 4) is 17.2 Å². The Kier molecular flexibility index (Phi) is 12.0. The lowest BCUT2D eigenvalue weighted by atomic mass is 9.79. The molecule has 0 bridgehead atoms. The molecule has 0 aliphatic carbocycles. The third kappa shape index (κ3) is 8.22. The number of β-amino-alcohol motifs (C(OH)–C–C–N with tert-alkyl or cyclic N) is 1. The van der Waals surface area contributed by atoms with Gasteiger partial charge in [0.2, 0.25) is 0 Å². The van der Waals surface area contributed by atoms with Crippen molar-refractivity contribution in [3.63, 3.8) is 0 Å². The topological polar surface area (TPSA) is 86.7 Å². The fourth-order valence-electron chi connectivity index (χ4n) is 5.57. The second-order valence-corrected chi connectivity index (χ2v) is 10.8. The van der Waals surface area contributed by atoms with Crippen molar-refractivity contribution >= 4 is 5.97 Å². The number of nitrogens with zero attached hydrogens (tertiary/aromatic N) is 1. The molecule has 0 amide bonds. The Morgan fingerprint density at radius 3 is 1.64 bits per heavy atom. The molecule has 1 saturated heterocycles. The maximum Gasteiger partial charge on any atom is 0.323 e. The summed E-state index contributed by atoms with van der Waals surface area (Å²) >= 11 is 0. The van der Waals surface area contributed by atoms with Crippen molar-refractivity contribution < 1.29 is 33.6 Å². The molecule has 0 spiro atoms. The van der Waals surface area contributed by atoms with Gasteiger partial charge in [-0.1, -0.05) is 72.3 Å². The van der Waals surface area contributed by atoms with Crippen LogP contribution in [0.4, 0.5) is 0 Å². The van der Waals surface area contributed by atoms with Crippen LogP contribution >= 0.6 is 0 Å². The van der Waals surface area contributed by atoms with Crippen LogP contribution in [0.15, 0.2) is 103 Å². The van der Waals surface area contributed by atoms with E-state index >= 15 is 0 Å². The van der Waals surface area contributed by atoms with E-state index in [0.29, 0.717) is 26.1 Å². The number of benzene rings is 4. The average molecular weight is 614 g/mol. The highest BCUT2D eigenvalue weighted by Gasteiger charge is 2.40. The van der Waals surface area contributed by atoms with Crippen LogP contribution in [0.2, 0.25) is 0 Å². The number of rotatable bonds is 11. The van der Waals surface area contributed by atoms with Crippen molar-refractivity contribution in [1.82, 2.24) is 4.90 Å². The maximum atomic E-state index is 12.3. The molecule has 4 aromatic carbocycles. The third-order valence-electron chi connectivity index (χ3n) is 7.98. The fourth-order valence-corrected chi connectivity index (χ4v) is 5.57. The number of carbonyl (C=O) groups excluding carboxylic acids is 1. The number of aliphatic hydroxyl groups excluding tert-OH is 1. The molecule has 5 rings (SSSR count). The highest BCUT2D eigenvalue weighted by Crippen LogP contribution is 2.42. The largest absolute Gasteiger partial charge is 0.497 e. The number of carbonyl (C=O) groups is 1. The Morgan fingerprint density at radius 1 is 0.733 bits per heavy atom. The third-order valence-corrected chi connectivity index (χ3v) is 7.98. The summed E-state index contributed by atoms with van der Waals surface area (Å²) in [4.78, 5) is 14.2. The normalized spacial score (nSPS) is 16.3. The lowest BCUT2D eigenvalue weighted by Gasteiger charge is -2.37. The van der Waals surface area contributed by atoms with Gasteiger partial charge in [0.15, 0.2) is 0 Å². The van der Waals surface area contributed by atoms with Gasteiger partial charge in [-0.25, -0.2) is 0 Å². The highest BCUT2D eigenvalue weighted by molar-refractivity contribution is 5.76. The molecule has 1 aliphatic rings. The van der Waals surface area contributed by atoms with Crippen LogP contribution in [0, 0.1) is 6.92 Å². The van der Waals surface area contributed by atoms with Crippen LogP contribution in [-0.2, 0) is 19.9 Å². The van der Waals surface area contributed by atoms with Crippen molar-refractivity contribution in [1.29, 1.82) is 0 Å². The summed E-state index contributed by atoms with van der Waals surface area (Å²) in [6.07, 6.45) is -0.221. The summed E-state index contributed by atoms with van der Waals surface area (Å²) in [6.45, 7) is 3.22. The molecular formula is C37H43NO7. The minimum atomic E-state index is -0.939. The molecule has 238 valence electrons. The van der Waals surface area contributed by atoms with E-state index in [9.17, 15) is 9.90 Å². The van der Waals surface area contributed by atoms with Crippen molar-refractivity contribution in [2.45, 2.75) is 31.1 Å². The van der Waals surface area contributed by atoms with E-state index in [-0.39, 0.29) is 5.97 Å². The fraction of sp³-hybridized carbons (Fsp3) is 0.324. The molecule has 4 aromatic rings. The van der Waals surface area contributed by atoms with Crippen molar-refractivity contribution in [2.24, 2.45) is 0 Å². The lowest BCUT2D eigenvalue weighted by molar-refractivity contribution is -0.146. The zero-order valence-electron chi connectivity index (χ0n) is 26.6. The number of aliphatic hydroxyl groups is 1. The van der Waals surface area contributed by atoms with Crippen LogP contribution in [0.1, 0.15) is 28.7 Å². The summed E-state index contributed by atoms with van der Waals surface area (Å²) < 4.78 is 27.6. The van der Waals surface area contributed by atoms with Crippen LogP contribution < -0.4 is 14.2 Å². The molecule has 1 heterocycles. The van der Waals surface area contributed by atoms with Gasteiger partial charge in [0.25, 0.3) is 0 Å². The summed E-state index contributed by atoms with van der Waals surface area (Å²) in [5, 5.41) is 10.2. The first-order valence-corrected chi connectivity index (χ1v) is 14.9. The van der Waals surface area contributed by atoms with Crippen LogP contribution in [0.5, 0.6) is 17.2 Å². The smallest absolute Gasteiger partial charge is 0.323 e.